The summed E-state index contributed by atoms with van der Waals surface area (Å²) >= 11 is 7.95. The van der Waals surface area contributed by atoms with Crippen LogP contribution in [0.5, 0.6) is 0 Å². The lowest BCUT2D eigenvalue weighted by molar-refractivity contribution is 0.350. The Labute approximate surface area is 129 Å². The molecule has 0 radical (unpaired) electrons. The first-order valence-corrected chi connectivity index (χ1v) is 7.83. The number of benzene rings is 2. The van der Waals surface area contributed by atoms with Crippen LogP contribution in [0.4, 0.5) is 0 Å². The minimum Gasteiger partial charge on any atom is -0.384 e. The summed E-state index contributed by atoms with van der Waals surface area (Å²) < 4.78 is 0. The van der Waals surface area contributed by atoms with E-state index in [1.165, 1.54) is 5.56 Å². The Bertz CT molecular complexity index is 628. The normalized spacial score (nSPS) is 9.90. The topological polar surface area (TPSA) is 20.2 Å². The maximum Gasteiger partial charge on any atom is 0.104 e. The van der Waals surface area contributed by atoms with Gasteiger partial charge in [0.1, 0.15) is 6.61 Å². The molecule has 0 aliphatic carbocycles. The zero-order chi connectivity index (χ0) is 14.2. The Morgan fingerprint density at radius 1 is 0.950 bits per heavy atom. The highest BCUT2D eigenvalue weighted by Gasteiger charge is 2.02. The lowest BCUT2D eigenvalue weighted by Gasteiger charge is -2.06. The number of hydrogen-bond donors (Lipinski definition) is 1. The van der Waals surface area contributed by atoms with Gasteiger partial charge in [0.15, 0.2) is 0 Å². The summed E-state index contributed by atoms with van der Waals surface area (Å²) in [5, 5.41) is 9.59. The van der Waals surface area contributed by atoms with Crippen molar-refractivity contribution in [3.05, 3.63) is 70.2 Å². The summed E-state index contributed by atoms with van der Waals surface area (Å²) in [4.78, 5) is 0. The summed E-state index contributed by atoms with van der Waals surface area (Å²) in [6.07, 6.45) is 0. The van der Waals surface area contributed by atoms with E-state index in [1.807, 2.05) is 42.5 Å². The number of hydrogen-bond acceptors (Lipinski definition) is 2. The van der Waals surface area contributed by atoms with Crippen LogP contribution in [0.1, 0.15) is 16.7 Å². The molecule has 2 aromatic rings. The van der Waals surface area contributed by atoms with Gasteiger partial charge < -0.3 is 5.11 Å². The van der Waals surface area contributed by atoms with Crippen molar-refractivity contribution in [1.29, 1.82) is 0 Å². The molecule has 20 heavy (non-hydrogen) atoms. The zero-order valence-electron chi connectivity index (χ0n) is 11.0. The lowest BCUT2D eigenvalue weighted by atomic mass is 10.1. The predicted molar refractivity (Wildman–Crippen MR) is 86.9 cm³/mol. The molecule has 2 rings (SSSR count). The largest absolute Gasteiger partial charge is 0.384 e. The van der Waals surface area contributed by atoms with Crippen molar-refractivity contribution in [3.63, 3.8) is 0 Å². The van der Waals surface area contributed by atoms with E-state index in [1.54, 1.807) is 11.8 Å². The first-order valence-electron chi connectivity index (χ1n) is 6.30. The molecule has 2 aromatic carbocycles. The fourth-order valence-electron chi connectivity index (χ4n) is 1.79. The van der Waals surface area contributed by atoms with E-state index in [-0.39, 0.29) is 6.61 Å². The lowest BCUT2D eigenvalue weighted by Crippen LogP contribution is -1.89. The molecule has 3 heteroatoms. The third-order valence-electron chi connectivity index (χ3n) is 2.79. The van der Waals surface area contributed by atoms with Gasteiger partial charge in [0.2, 0.25) is 0 Å². The van der Waals surface area contributed by atoms with E-state index in [9.17, 15) is 0 Å². The van der Waals surface area contributed by atoms with Gasteiger partial charge in [-0.05, 0) is 23.3 Å². The Hall–Kier alpha value is -1.40. The summed E-state index contributed by atoms with van der Waals surface area (Å²) in [7, 11) is 0. The molecule has 0 aliphatic heterocycles. The average molecular weight is 303 g/mol. The fraction of sp³-hybridized carbons (Fsp3) is 0.176. The second kappa shape index (κ2) is 8.01. The molecule has 0 unspecified atom stereocenters. The van der Waals surface area contributed by atoms with Crippen molar-refractivity contribution >= 4 is 23.4 Å². The molecule has 0 aliphatic rings. The van der Waals surface area contributed by atoms with Gasteiger partial charge in [-0.1, -0.05) is 59.8 Å². The fourth-order valence-corrected chi connectivity index (χ4v) is 3.12. The van der Waals surface area contributed by atoms with Gasteiger partial charge in [0, 0.05) is 22.1 Å². The predicted octanol–water partition coefficient (Wildman–Crippen LogP) is 4.12. The van der Waals surface area contributed by atoms with Crippen LogP contribution in [-0.2, 0) is 11.5 Å². The SMILES string of the molecule is OCC#Cc1ccccc1CSCc1ccccc1Cl. The number of thioether (sulfide) groups is 1. The number of rotatable bonds is 4. The molecule has 1 N–H and O–H groups in total. The van der Waals surface area contributed by atoms with Crippen LogP contribution in [0.15, 0.2) is 48.5 Å². The van der Waals surface area contributed by atoms with Gasteiger partial charge in [-0.2, -0.15) is 11.8 Å². The minimum absolute atomic E-state index is 0.110. The van der Waals surface area contributed by atoms with Crippen molar-refractivity contribution < 1.29 is 5.11 Å². The molecule has 0 amide bonds. The van der Waals surface area contributed by atoms with Crippen LogP contribution >= 0.6 is 23.4 Å². The molecule has 102 valence electrons. The first-order chi connectivity index (χ1) is 9.81. The summed E-state index contributed by atoms with van der Waals surface area (Å²) in [6.45, 7) is -0.110. The maximum atomic E-state index is 8.78. The van der Waals surface area contributed by atoms with E-state index in [2.05, 4.69) is 17.9 Å². The first kappa shape index (κ1) is 15.0. The van der Waals surface area contributed by atoms with Crippen LogP contribution in [0, 0.1) is 11.8 Å². The Morgan fingerprint density at radius 3 is 2.35 bits per heavy atom. The molecule has 0 fully saturated rings. The molecule has 0 saturated heterocycles. The highest BCUT2D eigenvalue weighted by molar-refractivity contribution is 7.97. The molecule has 0 aromatic heterocycles. The Kier molecular flexibility index (Phi) is 6.01. The molecule has 0 bridgehead atoms. The number of aliphatic hydroxyl groups excluding tert-OH is 1. The second-order valence-corrected chi connectivity index (χ2v) is 5.59. The van der Waals surface area contributed by atoms with Crippen molar-refractivity contribution in [3.8, 4) is 11.8 Å². The maximum absolute atomic E-state index is 8.78. The smallest absolute Gasteiger partial charge is 0.104 e. The molecule has 1 nitrogen and oxygen atoms in total. The van der Waals surface area contributed by atoms with Crippen LogP contribution in [0.25, 0.3) is 0 Å². The summed E-state index contributed by atoms with van der Waals surface area (Å²) in [5.74, 6) is 7.43. The molecule has 0 heterocycles. The van der Waals surface area contributed by atoms with Gasteiger partial charge in [-0.15, -0.1) is 0 Å². The van der Waals surface area contributed by atoms with E-state index in [0.717, 1.165) is 27.7 Å². The van der Waals surface area contributed by atoms with Gasteiger partial charge in [0.05, 0.1) is 0 Å². The molecule has 0 atom stereocenters. The van der Waals surface area contributed by atoms with Crippen molar-refractivity contribution in [1.82, 2.24) is 0 Å². The molecule has 0 saturated carbocycles. The molecular formula is C17H15ClOS. The van der Waals surface area contributed by atoms with E-state index in [4.69, 9.17) is 16.7 Å². The van der Waals surface area contributed by atoms with Crippen molar-refractivity contribution in [2.45, 2.75) is 11.5 Å². The zero-order valence-corrected chi connectivity index (χ0v) is 12.5. The minimum atomic E-state index is -0.110. The monoisotopic (exact) mass is 302 g/mol. The van der Waals surface area contributed by atoms with E-state index >= 15 is 0 Å². The van der Waals surface area contributed by atoms with Crippen LogP contribution in [0.3, 0.4) is 0 Å². The van der Waals surface area contributed by atoms with Gasteiger partial charge in [0.25, 0.3) is 0 Å². The third kappa shape index (κ3) is 4.31. The van der Waals surface area contributed by atoms with Crippen molar-refractivity contribution in [2.75, 3.05) is 6.61 Å². The summed E-state index contributed by atoms with van der Waals surface area (Å²) in [5.41, 5.74) is 3.32. The van der Waals surface area contributed by atoms with Crippen LogP contribution in [0.2, 0.25) is 5.02 Å². The van der Waals surface area contributed by atoms with E-state index in [0.29, 0.717) is 0 Å². The second-order valence-electron chi connectivity index (χ2n) is 4.20. The Balaban J connectivity index is 1.99. The number of halogens is 1. The standard InChI is InChI=1S/C17H15ClOS/c18-17-10-4-3-8-16(17)13-20-12-15-7-2-1-6-14(15)9-5-11-19/h1-4,6-8,10,19H,11-13H2. The highest BCUT2D eigenvalue weighted by Crippen LogP contribution is 2.24. The Morgan fingerprint density at radius 2 is 1.60 bits per heavy atom. The van der Waals surface area contributed by atoms with Gasteiger partial charge in [-0.25, -0.2) is 0 Å². The summed E-state index contributed by atoms with van der Waals surface area (Å²) in [6, 6.07) is 15.9. The quantitative estimate of drug-likeness (QED) is 0.858. The van der Waals surface area contributed by atoms with E-state index < -0.39 is 0 Å². The van der Waals surface area contributed by atoms with Crippen molar-refractivity contribution in [2.24, 2.45) is 0 Å². The van der Waals surface area contributed by atoms with Gasteiger partial charge in [-0.3, -0.25) is 0 Å². The third-order valence-corrected chi connectivity index (χ3v) is 4.19. The van der Waals surface area contributed by atoms with Crippen LogP contribution in [-0.4, -0.2) is 11.7 Å². The highest BCUT2D eigenvalue weighted by atomic mass is 35.5. The molecule has 0 spiro atoms. The average Bonchev–Trinajstić information content (AvgIpc) is 2.48. The van der Waals surface area contributed by atoms with Gasteiger partial charge >= 0.3 is 0 Å². The molecular weight excluding hydrogens is 288 g/mol. The van der Waals surface area contributed by atoms with Crippen LogP contribution < -0.4 is 0 Å². The number of aliphatic hydroxyl groups is 1.